The van der Waals surface area contributed by atoms with Gasteiger partial charge in [0, 0.05) is 19.1 Å². The van der Waals surface area contributed by atoms with E-state index in [1.165, 1.54) is 32.1 Å². The van der Waals surface area contributed by atoms with Gasteiger partial charge in [-0.15, -0.1) is 0 Å². The Balaban J connectivity index is 1.65. The molecule has 2 aliphatic rings. The molecule has 0 aromatic heterocycles. The van der Waals surface area contributed by atoms with Crippen LogP contribution >= 0.6 is 0 Å². The average molecular weight is 296 g/mol. The zero-order chi connectivity index (χ0) is 15.2. The van der Waals surface area contributed by atoms with Crippen molar-refractivity contribution in [2.75, 3.05) is 19.6 Å². The van der Waals surface area contributed by atoms with Gasteiger partial charge in [-0.2, -0.15) is 0 Å². The SMILES string of the molecule is CCC1CCC(NCC(=O)N2CCC(C(=O)O)CC2)CC1. The summed E-state index contributed by atoms with van der Waals surface area (Å²) in [5.74, 6) is -0.00973. The summed E-state index contributed by atoms with van der Waals surface area (Å²) in [6.45, 7) is 3.82. The molecule has 1 saturated carbocycles. The lowest BCUT2D eigenvalue weighted by Crippen LogP contribution is -2.46. The van der Waals surface area contributed by atoms with Crippen LogP contribution in [-0.2, 0) is 9.59 Å². The number of amides is 1. The van der Waals surface area contributed by atoms with Crippen LogP contribution in [0.4, 0.5) is 0 Å². The number of carboxylic acids is 1. The highest BCUT2D eigenvalue weighted by Gasteiger charge is 2.27. The van der Waals surface area contributed by atoms with Crippen molar-refractivity contribution in [1.82, 2.24) is 10.2 Å². The Hall–Kier alpha value is -1.10. The van der Waals surface area contributed by atoms with Crippen molar-refractivity contribution in [2.24, 2.45) is 11.8 Å². The van der Waals surface area contributed by atoms with Gasteiger partial charge in [-0.1, -0.05) is 13.3 Å². The van der Waals surface area contributed by atoms with Crippen LogP contribution in [0, 0.1) is 11.8 Å². The second-order valence-electron chi connectivity index (χ2n) is 6.50. The number of nitrogens with one attached hydrogen (secondary N) is 1. The highest BCUT2D eigenvalue weighted by atomic mass is 16.4. The number of rotatable bonds is 5. The van der Waals surface area contributed by atoms with Crippen molar-refractivity contribution >= 4 is 11.9 Å². The molecule has 2 N–H and O–H groups in total. The zero-order valence-corrected chi connectivity index (χ0v) is 13.0. The molecular weight excluding hydrogens is 268 g/mol. The van der Waals surface area contributed by atoms with Crippen molar-refractivity contribution < 1.29 is 14.7 Å². The molecule has 0 spiro atoms. The number of carboxylic acid groups (broad SMARTS) is 1. The van der Waals surface area contributed by atoms with E-state index >= 15 is 0 Å². The Labute approximate surface area is 127 Å². The number of hydrogen-bond donors (Lipinski definition) is 2. The predicted octanol–water partition coefficient (Wildman–Crippen LogP) is 1.87. The van der Waals surface area contributed by atoms with Crippen molar-refractivity contribution in [1.29, 1.82) is 0 Å². The van der Waals surface area contributed by atoms with E-state index < -0.39 is 5.97 Å². The minimum atomic E-state index is -0.729. The number of nitrogens with zero attached hydrogens (tertiary/aromatic N) is 1. The van der Waals surface area contributed by atoms with Crippen LogP contribution in [0.2, 0.25) is 0 Å². The molecule has 5 heteroatoms. The fraction of sp³-hybridized carbons (Fsp3) is 0.875. The number of carbonyl (C=O) groups is 2. The smallest absolute Gasteiger partial charge is 0.306 e. The monoisotopic (exact) mass is 296 g/mol. The summed E-state index contributed by atoms with van der Waals surface area (Å²) in [5, 5.41) is 12.4. The first-order chi connectivity index (χ1) is 10.1. The van der Waals surface area contributed by atoms with Crippen LogP contribution in [0.25, 0.3) is 0 Å². The molecule has 21 heavy (non-hydrogen) atoms. The molecule has 0 aromatic carbocycles. The topological polar surface area (TPSA) is 69.6 Å². The first kappa shape index (κ1) is 16.3. The van der Waals surface area contributed by atoms with E-state index in [0.29, 0.717) is 38.5 Å². The molecule has 2 fully saturated rings. The van der Waals surface area contributed by atoms with Gasteiger partial charge in [-0.3, -0.25) is 9.59 Å². The van der Waals surface area contributed by atoms with E-state index in [-0.39, 0.29) is 11.8 Å². The van der Waals surface area contributed by atoms with Crippen LogP contribution in [0.3, 0.4) is 0 Å². The second-order valence-corrected chi connectivity index (χ2v) is 6.50. The molecular formula is C16H28N2O3. The van der Waals surface area contributed by atoms with Gasteiger partial charge in [-0.25, -0.2) is 0 Å². The summed E-state index contributed by atoms with van der Waals surface area (Å²) in [6.07, 6.45) is 7.33. The van der Waals surface area contributed by atoms with Crippen LogP contribution in [0.1, 0.15) is 51.9 Å². The van der Waals surface area contributed by atoms with E-state index in [4.69, 9.17) is 5.11 Å². The van der Waals surface area contributed by atoms with Crippen LogP contribution < -0.4 is 5.32 Å². The third-order valence-electron chi connectivity index (χ3n) is 5.16. The Morgan fingerprint density at radius 3 is 2.24 bits per heavy atom. The van der Waals surface area contributed by atoms with Gasteiger partial charge in [0.15, 0.2) is 0 Å². The van der Waals surface area contributed by atoms with Crippen LogP contribution in [-0.4, -0.2) is 47.6 Å². The lowest BCUT2D eigenvalue weighted by molar-refractivity contribution is -0.145. The Kier molecular flexibility index (Phi) is 6.03. The molecule has 0 radical (unpaired) electrons. The minimum absolute atomic E-state index is 0.122. The zero-order valence-electron chi connectivity index (χ0n) is 13.0. The Morgan fingerprint density at radius 1 is 1.10 bits per heavy atom. The van der Waals surface area contributed by atoms with Crippen molar-refractivity contribution in [2.45, 2.75) is 57.9 Å². The summed E-state index contributed by atoms with van der Waals surface area (Å²) >= 11 is 0. The first-order valence-electron chi connectivity index (χ1n) is 8.34. The molecule has 1 heterocycles. The van der Waals surface area contributed by atoms with Crippen LogP contribution in [0.15, 0.2) is 0 Å². The number of likely N-dealkylation sites (tertiary alicyclic amines) is 1. The number of hydrogen-bond acceptors (Lipinski definition) is 3. The molecule has 5 nitrogen and oxygen atoms in total. The third kappa shape index (κ3) is 4.70. The lowest BCUT2D eigenvalue weighted by atomic mass is 9.84. The molecule has 0 unspecified atom stereocenters. The van der Waals surface area contributed by atoms with Crippen molar-refractivity contribution in [3.63, 3.8) is 0 Å². The molecule has 1 aliphatic carbocycles. The third-order valence-corrected chi connectivity index (χ3v) is 5.16. The van der Waals surface area contributed by atoms with E-state index in [1.807, 2.05) is 4.90 Å². The van der Waals surface area contributed by atoms with E-state index in [1.54, 1.807) is 0 Å². The minimum Gasteiger partial charge on any atom is -0.481 e. The van der Waals surface area contributed by atoms with Gasteiger partial charge >= 0.3 is 5.97 Å². The summed E-state index contributed by atoms with van der Waals surface area (Å²) < 4.78 is 0. The number of carbonyl (C=O) groups excluding carboxylic acids is 1. The number of aliphatic carboxylic acids is 1. The quantitative estimate of drug-likeness (QED) is 0.812. The highest BCUT2D eigenvalue weighted by molar-refractivity contribution is 5.79. The molecule has 0 atom stereocenters. The van der Waals surface area contributed by atoms with Gasteiger partial charge in [-0.05, 0) is 44.4 Å². The van der Waals surface area contributed by atoms with E-state index in [0.717, 1.165) is 5.92 Å². The summed E-state index contributed by atoms with van der Waals surface area (Å²) in [7, 11) is 0. The Bertz CT molecular complexity index is 357. The first-order valence-corrected chi connectivity index (χ1v) is 8.34. The molecule has 1 amide bonds. The summed E-state index contributed by atoms with van der Waals surface area (Å²) in [5.41, 5.74) is 0. The summed E-state index contributed by atoms with van der Waals surface area (Å²) in [4.78, 5) is 24.9. The van der Waals surface area contributed by atoms with E-state index in [2.05, 4.69) is 12.2 Å². The molecule has 0 bridgehead atoms. The summed E-state index contributed by atoms with van der Waals surface area (Å²) in [6, 6.07) is 0.480. The highest BCUT2D eigenvalue weighted by Crippen LogP contribution is 2.26. The molecule has 1 aliphatic heterocycles. The fourth-order valence-corrected chi connectivity index (χ4v) is 3.49. The Morgan fingerprint density at radius 2 is 1.71 bits per heavy atom. The fourth-order valence-electron chi connectivity index (χ4n) is 3.49. The maximum absolute atomic E-state index is 12.2. The molecule has 1 saturated heterocycles. The van der Waals surface area contributed by atoms with Crippen LogP contribution in [0.5, 0.6) is 0 Å². The largest absolute Gasteiger partial charge is 0.481 e. The molecule has 2 rings (SSSR count). The molecule has 120 valence electrons. The predicted molar refractivity (Wildman–Crippen MR) is 81.0 cm³/mol. The standard InChI is InChI=1S/C16H28N2O3/c1-2-12-3-5-14(6-4-12)17-11-15(19)18-9-7-13(8-10-18)16(20)21/h12-14,17H,2-11H2,1H3,(H,20,21). The average Bonchev–Trinajstić information content (AvgIpc) is 2.53. The van der Waals surface area contributed by atoms with Gasteiger partial charge < -0.3 is 15.3 Å². The normalized spacial score (nSPS) is 27.6. The van der Waals surface area contributed by atoms with Gasteiger partial charge in [0.1, 0.15) is 0 Å². The lowest BCUT2D eigenvalue weighted by Gasteiger charge is -2.32. The maximum atomic E-state index is 12.2. The van der Waals surface area contributed by atoms with Gasteiger partial charge in [0.2, 0.25) is 5.91 Å². The van der Waals surface area contributed by atoms with Crippen molar-refractivity contribution in [3.05, 3.63) is 0 Å². The maximum Gasteiger partial charge on any atom is 0.306 e. The van der Waals surface area contributed by atoms with Gasteiger partial charge in [0.25, 0.3) is 0 Å². The van der Waals surface area contributed by atoms with Crippen molar-refractivity contribution in [3.8, 4) is 0 Å². The van der Waals surface area contributed by atoms with E-state index in [9.17, 15) is 9.59 Å². The van der Waals surface area contributed by atoms with Gasteiger partial charge in [0.05, 0.1) is 12.5 Å². The number of piperidine rings is 1. The molecule has 0 aromatic rings. The second kappa shape index (κ2) is 7.78.